The SMILES string of the molecule is COc1ccc(/C=N/OCC(=O)OC(C)C(=O)c2ccc(NS(C)(=O)=O)cc2)cc1. The number of rotatable bonds is 10. The summed E-state index contributed by atoms with van der Waals surface area (Å²) >= 11 is 0. The molecule has 160 valence electrons. The predicted octanol–water partition coefficient (Wildman–Crippen LogP) is 2.23. The van der Waals surface area contributed by atoms with Gasteiger partial charge in [-0.15, -0.1) is 0 Å². The third-order valence-electron chi connectivity index (χ3n) is 3.72. The summed E-state index contributed by atoms with van der Waals surface area (Å²) in [5.41, 5.74) is 1.34. The van der Waals surface area contributed by atoms with Gasteiger partial charge < -0.3 is 14.3 Å². The van der Waals surface area contributed by atoms with E-state index in [0.29, 0.717) is 11.4 Å². The predicted molar refractivity (Wildman–Crippen MR) is 111 cm³/mol. The second-order valence-corrected chi connectivity index (χ2v) is 7.98. The van der Waals surface area contributed by atoms with E-state index >= 15 is 0 Å². The van der Waals surface area contributed by atoms with E-state index in [-0.39, 0.29) is 5.56 Å². The molecule has 0 saturated heterocycles. The maximum absolute atomic E-state index is 12.3. The van der Waals surface area contributed by atoms with Gasteiger partial charge in [0.25, 0.3) is 0 Å². The van der Waals surface area contributed by atoms with Crippen LogP contribution >= 0.6 is 0 Å². The fourth-order valence-electron chi connectivity index (χ4n) is 2.31. The lowest BCUT2D eigenvalue weighted by Crippen LogP contribution is -2.26. The largest absolute Gasteiger partial charge is 0.497 e. The molecule has 30 heavy (non-hydrogen) atoms. The first-order valence-corrected chi connectivity index (χ1v) is 10.7. The van der Waals surface area contributed by atoms with Gasteiger partial charge in [0.05, 0.1) is 19.6 Å². The van der Waals surface area contributed by atoms with Gasteiger partial charge in [0, 0.05) is 11.3 Å². The highest BCUT2D eigenvalue weighted by Crippen LogP contribution is 2.14. The van der Waals surface area contributed by atoms with Crippen LogP contribution < -0.4 is 9.46 Å². The van der Waals surface area contributed by atoms with Crippen molar-refractivity contribution >= 4 is 33.7 Å². The molecule has 2 aromatic carbocycles. The number of ketones is 1. The van der Waals surface area contributed by atoms with Gasteiger partial charge in [-0.1, -0.05) is 5.16 Å². The monoisotopic (exact) mass is 434 g/mol. The quantitative estimate of drug-likeness (QED) is 0.263. The van der Waals surface area contributed by atoms with Crippen LogP contribution in [0.4, 0.5) is 5.69 Å². The van der Waals surface area contributed by atoms with Crippen molar-refractivity contribution in [2.24, 2.45) is 5.16 Å². The molecule has 1 N–H and O–H groups in total. The molecule has 0 aliphatic carbocycles. The maximum atomic E-state index is 12.3. The topological polar surface area (TPSA) is 120 Å². The van der Waals surface area contributed by atoms with E-state index < -0.39 is 34.5 Å². The molecule has 0 bridgehead atoms. The van der Waals surface area contributed by atoms with Gasteiger partial charge >= 0.3 is 5.97 Å². The van der Waals surface area contributed by atoms with Crippen molar-refractivity contribution in [3.05, 3.63) is 59.7 Å². The highest BCUT2D eigenvalue weighted by molar-refractivity contribution is 7.92. The molecular formula is C20H22N2O7S. The van der Waals surface area contributed by atoms with Crippen LogP contribution in [0.1, 0.15) is 22.8 Å². The molecule has 0 aliphatic rings. The van der Waals surface area contributed by atoms with Crippen LogP contribution in [-0.2, 0) is 24.4 Å². The first-order valence-electron chi connectivity index (χ1n) is 8.79. The van der Waals surface area contributed by atoms with Crippen molar-refractivity contribution < 1.29 is 32.3 Å². The Balaban J connectivity index is 1.81. The summed E-state index contributed by atoms with van der Waals surface area (Å²) < 4.78 is 34.8. The number of ether oxygens (including phenoxy) is 2. The van der Waals surface area contributed by atoms with Crippen molar-refractivity contribution in [1.29, 1.82) is 0 Å². The number of oxime groups is 1. The molecule has 0 aromatic heterocycles. The van der Waals surface area contributed by atoms with Gasteiger partial charge in [0.2, 0.25) is 22.4 Å². The number of anilines is 1. The lowest BCUT2D eigenvalue weighted by molar-refractivity contribution is -0.151. The molecule has 10 heteroatoms. The molecule has 0 amide bonds. The van der Waals surface area contributed by atoms with Crippen molar-refractivity contribution in [3.63, 3.8) is 0 Å². The summed E-state index contributed by atoms with van der Waals surface area (Å²) in [5.74, 6) is -0.481. The fourth-order valence-corrected chi connectivity index (χ4v) is 2.88. The average molecular weight is 434 g/mol. The Kier molecular flexibility index (Phi) is 7.93. The first kappa shape index (κ1) is 22.9. The Labute approximate surface area is 174 Å². The van der Waals surface area contributed by atoms with Crippen molar-refractivity contribution in [2.75, 3.05) is 24.7 Å². The Bertz CT molecular complexity index is 1000. The van der Waals surface area contributed by atoms with Crippen LogP contribution in [0, 0.1) is 0 Å². The Morgan fingerprint density at radius 3 is 2.30 bits per heavy atom. The Morgan fingerprint density at radius 2 is 1.73 bits per heavy atom. The number of Topliss-reactive ketones (excluding diaryl/α,β-unsaturated/α-hetero) is 1. The van der Waals surface area contributed by atoms with Crippen molar-refractivity contribution in [3.8, 4) is 5.75 Å². The summed E-state index contributed by atoms with van der Waals surface area (Å²) in [6.45, 7) is 0.977. The van der Waals surface area contributed by atoms with E-state index in [1.807, 2.05) is 0 Å². The number of esters is 1. The molecule has 0 spiro atoms. The maximum Gasteiger partial charge on any atom is 0.347 e. The third kappa shape index (κ3) is 7.55. The minimum atomic E-state index is -3.41. The second kappa shape index (κ2) is 10.4. The number of hydrogen-bond acceptors (Lipinski definition) is 8. The lowest BCUT2D eigenvalue weighted by atomic mass is 10.1. The summed E-state index contributed by atoms with van der Waals surface area (Å²) in [6.07, 6.45) is 1.41. The van der Waals surface area contributed by atoms with Crippen molar-refractivity contribution in [2.45, 2.75) is 13.0 Å². The summed E-state index contributed by atoms with van der Waals surface area (Å²) in [6, 6.07) is 12.8. The number of carbonyl (C=O) groups excluding carboxylic acids is 2. The molecule has 9 nitrogen and oxygen atoms in total. The van der Waals surface area contributed by atoms with E-state index in [1.54, 1.807) is 31.4 Å². The van der Waals surface area contributed by atoms with E-state index in [1.165, 1.54) is 37.4 Å². The summed E-state index contributed by atoms with van der Waals surface area (Å²) in [7, 11) is -1.85. The van der Waals surface area contributed by atoms with E-state index in [0.717, 1.165) is 11.8 Å². The smallest absolute Gasteiger partial charge is 0.347 e. The molecule has 2 rings (SSSR count). The number of nitrogens with one attached hydrogen (secondary N) is 1. The zero-order valence-corrected chi connectivity index (χ0v) is 17.5. The summed E-state index contributed by atoms with van der Waals surface area (Å²) in [5, 5.41) is 3.68. The van der Waals surface area contributed by atoms with Gasteiger partial charge in [-0.3, -0.25) is 9.52 Å². The zero-order valence-electron chi connectivity index (χ0n) is 16.7. The Hall–Kier alpha value is -3.40. The number of methoxy groups -OCH3 is 1. The fraction of sp³-hybridized carbons (Fsp3) is 0.250. The van der Waals surface area contributed by atoms with Crippen LogP contribution in [0.15, 0.2) is 53.7 Å². The number of carbonyl (C=O) groups is 2. The molecule has 0 radical (unpaired) electrons. The van der Waals surface area contributed by atoms with Gasteiger partial charge in [0.15, 0.2) is 6.10 Å². The molecule has 2 aromatic rings. The van der Waals surface area contributed by atoms with Gasteiger partial charge in [-0.2, -0.15) is 0 Å². The van der Waals surface area contributed by atoms with Gasteiger partial charge in [-0.25, -0.2) is 13.2 Å². The Morgan fingerprint density at radius 1 is 1.10 bits per heavy atom. The normalized spacial score (nSPS) is 12.2. The molecule has 0 saturated carbocycles. The highest BCUT2D eigenvalue weighted by atomic mass is 32.2. The number of benzene rings is 2. The first-order chi connectivity index (χ1) is 14.2. The average Bonchev–Trinajstić information content (AvgIpc) is 2.70. The minimum absolute atomic E-state index is 0.271. The molecule has 0 heterocycles. The molecule has 0 aliphatic heterocycles. The number of sulfonamides is 1. The van der Waals surface area contributed by atoms with Crippen LogP contribution in [-0.4, -0.2) is 52.5 Å². The second-order valence-electron chi connectivity index (χ2n) is 6.23. The van der Waals surface area contributed by atoms with E-state index in [2.05, 4.69) is 9.88 Å². The zero-order chi connectivity index (χ0) is 22.1. The van der Waals surface area contributed by atoms with Gasteiger partial charge in [0.1, 0.15) is 5.75 Å². The highest BCUT2D eigenvalue weighted by Gasteiger charge is 2.20. The van der Waals surface area contributed by atoms with E-state index in [9.17, 15) is 18.0 Å². The van der Waals surface area contributed by atoms with Crippen LogP contribution in [0.25, 0.3) is 0 Å². The summed E-state index contributed by atoms with van der Waals surface area (Å²) in [4.78, 5) is 29.1. The minimum Gasteiger partial charge on any atom is -0.497 e. The number of hydrogen-bond donors (Lipinski definition) is 1. The molecule has 0 fully saturated rings. The third-order valence-corrected chi connectivity index (χ3v) is 4.33. The van der Waals surface area contributed by atoms with Crippen molar-refractivity contribution in [1.82, 2.24) is 0 Å². The lowest BCUT2D eigenvalue weighted by Gasteiger charge is -2.12. The van der Waals surface area contributed by atoms with Crippen LogP contribution in [0.2, 0.25) is 0 Å². The molecule has 1 unspecified atom stereocenters. The standard InChI is InChI=1S/C20H22N2O7S/c1-14(20(24)16-6-8-17(9-7-16)22-30(3,25)26)29-19(23)13-28-21-12-15-4-10-18(27-2)11-5-15/h4-12,14,22H,13H2,1-3H3/b21-12+. The number of nitrogens with zero attached hydrogens (tertiary/aromatic N) is 1. The van der Waals surface area contributed by atoms with Gasteiger partial charge in [-0.05, 0) is 61.0 Å². The van der Waals surface area contributed by atoms with E-state index in [4.69, 9.17) is 14.3 Å². The van der Waals surface area contributed by atoms with Crippen LogP contribution in [0.5, 0.6) is 5.75 Å². The van der Waals surface area contributed by atoms with Crippen LogP contribution in [0.3, 0.4) is 0 Å². The molecular weight excluding hydrogens is 412 g/mol. The molecule has 1 atom stereocenters.